The van der Waals surface area contributed by atoms with Crippen LogP contribution in [0.1, 0.15) is 43.0 Å². The van der Waals surface area contributed by atoms with E-state index in [9.17, 15) is 0 Å². The van der Waals surface area contributed by atoms with Crippen LogP contribution >= 0.6 is 0 Å². The molecule has 4 rings (SSSR count). The lowest BCUT2D eigenvalue weighted by Gasteiger charge is -2.30. The minimum absolute atomic E-state index is 0.569. The van der Waals surface area contributed by atoms with Gasteiger partial charge in [-0.05, 0) is 57.8 Å². The summed E-state index contributed by atoms with van der Waals surface area (Å²) in [5.41, 5.74) is 3.89. The maximum absolute atomic E-state index is 4.44. The molecule has 5 heteroatoms. The van der Waals surface area contributed by atoms with Crippen LogP contribution in [0, 0.1) is 0 Å². The Balaban J connectivity index is 1.57. The monoisotopic (exact) mass is 325 g/mol. The Labute approximate surface area is 144 Å². The van der Waals surface area contributed by atoms with Gasteiger partial charge in [0.2, 0.25) is 0 Å². The molecule has 1 fully saturated rings. The highest BCUT2D eigenvalue weighted by molar-refractivity contribution is 5.55. The van der Waals surface area contributed by atoms with E-state index in [2.05, 4.69) is 69.4 Å². The third kappa shape index (κ3) is 3.05. The Morgan fingerprint density at radius 1 is 1.17 bits per heavy atom. The quantitative estimate of drug-likeness (QED) is 0.866. The lowest BCUT2D eigenvalue weighted by atomic mass is 9.93. The second-order valence-electron chi connectivity index (χ2n) is 7.44. The van der Waals surface area contributed by atoms with Crippen LogP contribution in [0.15, 0.2) is 30.5 Å². The molecule has 1 unspecified atom stereocenters. The topological polar surface area (TPSA) is 37.2 Å². The molecule has 0 bridgehead atoms. The molecule has 2 heterocycles. The van der Waals surface area contributed by atoms with Crippen molar-refractivity contribution >= 4 is 5.69 Å². The smallest absolute Gasteiger partial charge is 0.102 e. The normalized spacial score (nSPS) is 21.5. The van der Waals surface area contributed by atoms with Crippen molar-refractivity contribution in [2.75, 3.05) is 25.5 Å². The average molecular weight is 325 g/mol. The van der Waals surface area contributed by atoms with Crippen molar-refractivity contribution in [3.63, 3.8) is 0 Å². The number of aryl methyl sites for hydroxylation is 1. The van der Waals surface area contributed by atoms with Gasteiger partial charge in [0.1, 0.15) is 5.69 Å². The lowest BCUT2D eigenvalue weighted by Crippen LogP contribution is -2.39. The van der Waals surface area contributed by atoms with E-state index in [1.54, 1.807) is 0 Å². The number of fused-ring (bicyclic) bond motifs is 1. The summed E-state index contributed by atoms with van der Waals surface area (Å²) < 4.78 is 2.08. The summed E-state index contributed by atoms with van der Waals surface area (Å²) in [7, 11) is 4.37. The van der Waals surface area contributed by atoms with E-state index >= 15 is 0 Å². The molecule has 2 aromatic rings. The van der Waals surface area contributed by atoms with Crippen LogP contribution in [0.2, 0.25) is 0 Å². The first-order chi connectivity index (χ1) is 11.7. The van der Waals surface area contributed by atoms with Crippen LogP contribution < -0.4 is 4.90 Å². The van der Waals surface area contributed by atoms with Crippen molar-refractivity contribution in [3.05, 3.63) is 41.7 Å². The number of rotatable bonds is 4. The van der Waals surface area contributed by atoms with Gasteiger partial charge in [0.05, 0.1) is 18.8 Å². The Hall–Kier alpha value is -1.88. The summed E-state index contributed by atoms with van der Waals surface area (Å²) >= 11 is 0. The molecule has 128 valence electrons. The molecule has 1 aromatic heterocycles. The van der Waals surface area contributed by atoms with Gasteiger partial charge in [0, 0.05) is 18.3 Å². The number of likely N-dealkylation sites (N-methyl/N-ethyl adjacent to an activating group) is 1. The standard InChI is InChI=1S/C19H27N5/c1-22(2)18-11-10-15-6-3-4-9-19(15)23(14-18)12-16-13-24(21-20-16)17-7-5-8-17/h3-4,6,9,13,17-18H,5,7-8,10-12,14H2,1-2H3. The molecule has 1 aliphatic heterocycles. The maximum atomic E-state index is 4.44. The fourth-order valence-corrected chi connectivity index (χ4v) is 3.78. The Bertz CT molecular complexity index is 689. The average Bonchev–Trinajstić information content (AvgIpc) is 2.87. The number of anilines is 1. The van der Waals surface area contributed by atoms with Crippen LogP contribution in [0.5, 0.6) is 0 Å². The molecule has 1 aliphatic carbocycles. The third-order valence-corrected chi connectivity index (χ3v) is 5.60. The third-order valence-electron chi connectivity index (χ3n) is 5.60. The second-order valence-corrected chi connectivity index (χ2v) is 7.44. The molecular formula is C19H27N5. The molecule has 0 N–H and O–H groups in total. The van der Waals surface area contributed by atoms with Gasteiger partial charge in [-0.25, -0.2) is 4.68 Å². The Morgan fingerprint density at radius 2 is 2.00 bits per heavy atom. The summed E-state index contributed by atoms with van der Waals surface area (Å²) in [5.74, 6) is 0. The number of hydrogen-bond donors (Lipinski definition) is 0. The van der Waals surface area contributed by atoms with Gasteiger partial charge in [-0.3, -0.25) is 0 Å². The number of benzene rings is 1. The van der Waals surface area contributed by atoms with Gasteiger partial charge >= 0.3 is 0 Å². The van der Waals surface area contributed by atoms with Crippen LogP contribution in [-0.4, -0.2) is 46.6 Å². The predicted octanol–water partition coefficient (Wildman–Crippen LogP) is 2.89. The first kappa shape index (κ1) is 15.6. The minimum atomic E-state index is 0.569. The molecule has 0 radical (unpaired) electrons. The molecule has 5 nitrogen and oxygen atoms in total. The molecular weight excluding hydrogens is 298 g/mol. The van der Waals surface area contributed by atoms with Crippen LogP contribution in [0.3, 0.4) is 0 Å². The predicted molar refractivity (Wildman–Crippen MR) is 96.2 cm³/mol. The van der Waals surface area contributed by atoms with Gasteiger partial charge in [-0.2, -0.15) is 0 Å². The Morgan fingerprint density at radius 3 is 2.75 bits per heavy atom. The van der Waals surface area contributed by atoms with Crippen molar-refractivity contribution in [1.82, 2.24) is 19.9 Å². The van der Waals surface area contributed by atoms with E-state index < -0.39 is 0 Å². The molecule has 1 aromatic carbocycles. The lowest BCUT2D eigenvalue weighted by molar-refractivity contribution is 0.283. The van der Waals surface area contributed by atoms with Crippen molar-refractivity contribution in [1.29, 1.82) is 0 Å². The summed E-state index contributed by atoms with van der Waals surface area (Å²) in [6.07, 6.45) is 8.32. The minimum Gasteiger partial charge on any atom is -0.364 e. The molecule has 1 atom stereocenters. The Kier molecular flexibility index (Phi) is 4.27. The molecule has 0 amide bonds. The zero-order valence-electron chi connectivity index (χ0n) is 14.7. The first-order valence-corrected chi connectivity index (χ1v) is 9.10. The van der Waals surface area contributed by atoms with Crippen LogP contribution in [0.4, 0.5) is 5.69 Å². The maximum Gasteiger partial charge on any atom is 0.102 e. The summed E-state index contributed by atoms with van der Waals surface area (Å²) in [6, 6.07) is 9.97. The van der Waals surface area contributed by atoms with Crippen molar-refractivity contribution in [3.8, 4) is 0 Å². The molecule has 2 aliphatic rings. The van der Waals surface area contributed by atoms with E-state index in [4.69, 9.17) is 0 Å². The highest BCUT2D eigenvalue weighted by atomic mass is 15.4. The number of aromatic nitrogens is 3. The van der Waals surface area contributed by atoms with E-state index in [0.717, 1.165) is 25.2 Å². The molecule has 0 spiro atoms. The van der Waals surface area contributed by atoms with Gasteiger partial charge in [-0.15, -0.1) is 5.10 Å². The number of hydrogen-bond acceptors (Lipinski definition) is 4. The second kappa shape index (κ2) is 6.55. The molecule has 1 saturated carbocycles. The fraction of sp³-hybridized carbons (Fsp3) is 0.579. The summed E-state index contributed by atoms with van der Waals surface area (Å²) in [4.78, 5) is 4.84. The largest absolute Gasteiger partial charge is 0.364 e. The fourth-order valence-electron chi connectivity index (χ4n) is 3.78. The van der Waals surface area contributed by atoms with Crippen molar-refractivity contribution in [2.45, 2.75) is 50.7 Å². The van der Waals surface area contributed by atoms with E-state index in [1.807, 2.05) is 0 Å². The van der Waals surface area contributed by atoms with Crippen LogP contribution in [0.25, 0.3) is 0 Å². The van der Waals surface area contributed by atoms with E-state index in [0.29, 0.717) is 12.1 Å². The summed E-state index contributed by atoms with van der Waals surface area (Å²) in [6.45, 7) is 1.88. The van der Waals surface area contributed by atoms with Crippen molar-refractivity contribution in [2.24, 2.45) is 0 Å². The van der Waals surface area contributed by atoms with Crippen LogP contribution in [-0.2, 0) is 13.0 Å². The highest BCUT2D eigenvalue weighted by Gasteiger charge is 2.25. The summed E-state index contributed by atoms with van der Waals surface area (Å²) in [5, 5.41) is 8.81. The molecule has 24 heavy (non-hydrogen) atoms. The number of nitrogens with zero attached hydrogens (tertiary/aromatic N) is 5. The van der Waals surface area contributed by atoms with E-state index in [-0.39, 0.29) is 0 Å². The van der Waals surface area contributed by atoms with Gasteiger partial charge in [-0.1, -0.05) is 23.4 Å². The SMILES string of the molecule is CN(C)C1CCc2ccccc2N(Cc2cn(C3CCC3)nn2)C1. The molecule has 0 saturated heterocycles. The van der Waals surface area contributed by atoms with Crippen molar-refractivity contribution < 1.29 is 0 Å². The zero-order chi connectivity index (χ0) is 16.5. The highest BCUT2D eigenvalue weighted by Crippen LogP contribution is 2.31. The first-order valence-electron chi connectivity index (χ1n) is 9.10. The van der Waals surface area contributed by atoms with Gasteiger partial charge in [0.15, 0.2) is 0 Å². The number of para-hydroxylation sites is 1. The van der Waals surface area contributed by atoms with Gasteiger partial charge < -0.3 is 9.80 Å². The van der Waals surface area contributed by atoms with E-state index in [1.165, 1.54) is 36.9 Å². The zero-order valence-corrected chi connectivity index (χ0v) is 14.7. The van der Waals surface area contributed by atoms with Gasteiger partial charge in [0.25, 0.3) is 0 Å².